The largest absolute Gasteiger partial charge is 0.394 e. The van der Waals surface area contributed by atoms with Gasteiger partial charge in [0, 0.05) is 7.05 Å². The van der Waals surface area contributed by atoms with Crippen molar-refractivity contribution >= 4 is 0 Å². The van der Waals surface area contributed by atoms with Crippen molar-refractivity contribution < 1.29 is 0 Å². The Labute approximate surface area is 69.2 Å². The van der Waals surface area contributed by atoms with E-state index >= 15 is 0 Å². The molecule has 0 aromatic heterocycles. The molecule has 1 atom stereocenters. The summed E-state index contributed by atoms with van der Waals surface area (Å²) in [4.78, 5) is 0. The minimum atomic E-state index is 0.691. The highest BCUT2D eigenvalue weighted by atomic mass is 14.8. The summed E-state index contributed by atoms with van der Waals surface area (Å²) in [5.74, 6) is 0.691. The van der Waals surface area contributed by atoms with Crippen molar-refractivity contribution in [3.63, 3.8) is 0 Å². The SMILES string of the molecule is CCC1C=CCC/C1=C/NC. The third kappa shape index (κ3) is 2.11. The van der Waals surface area contributed by atoms with Gasteiger partial charge in [0.05, 0.1) is 0 Å². The van der Waals surface area contributed by atoms with E-state index in [0.29, 0.717) is 5.92 Å². The molecule has 0 radical (unpaired) electrons. The highest BCUT2D eigenvalue weighted by Gasteiger charge is 2.11. The summed E-state index contributed by atoms with van der Waals surface area (Å²) < 4.78 is 0. The second kappa shape index (κ2) is 4.22. The monoisotopic (exact) mass is 151 g/mol. The predicted molar refractivity (Wildman–Crippen MR) is 49.3 cm³/mol. The van der Waals surface area contributed by atoms with Gasteiger partial charge in [-0.15, -0.1) is 0 Å². The summed E-state index contributed by atoms with van der Waals surface area (Å²) in [7, 11) is 1.97. The minimum Gasteiger partial charge on any atom is -0.394 e. The molecule has 0 aromatic rings. The average Bonchev–Trinajstić information content (AvgIpc) is 2.06. The quantitative estimate of drug-likeness (QED) is 0.598. The van der Waals surface area contributed by atoms with Gasteiger partial charge >= 0.3 is 0 Å². The number of hydrogen-bond acceptors (Lipinski definition) is 1. The molecular weight excluding hydrogens is 134 g/mol. The van der Waals surface area contributed by atoms with Gasteiger partial charge in [0.15, 0.2) is 0 Å². The van der Waals surface area contributed by atoms with E-state index < -0.39 is 0 Å². The van der Waals surface area contributed by atoms with Gasteiger partial charge in [-0.05, 0) is 37.0 Å². The van der Waals surface area contributed by atoms with Crippen molar-refractivity contribution in [1.29, 1.82) is 0 Å². The molecule has 1 unspecified atom stereocenters. The van der Waals surface area contributed by atoms with E-state index in [2.05, 4.69) is 30.6 Å². The fourth-order valence-corrected chi connectivity index (χ4v) is 1.58. The van der Waals surface area contributed by atoms with Gasteiger partial charge in [0.2, 0.25) is 0 Å². The van der Waals surface area contributed by atoms with Crippen molar-refractivity contribution in [2.75, 3.05) is 7.05 Å². The van der Waals surface area contributed by atoms with E-state index in [1.165, 1.54) is 19.3 Å². The first kappa shape index (κ1) is 8.38. The molecule has 1 aliphatic carbocycles. The molecule has 1 nitrogen and oxygen atoms in total. The normalized spacial score (nSPS) is 27.5. The Morgan fingerprint density at radius 3 is 3.18 bits per heavy atom. The Bertz CT molecular complexity index is 168. The third-order valence-corrected chi connectivity index (χ3v) is 2.21. The Morgan fingerprint density at radius 1 is 1.73 bits per heavy atom. The van der Waals surface area contributed by atoms with Crippen molar-refractivity contribution in [1.82, 2.24) is 5.32 Å². The zero-order chi connectivity index (χ0) is 8.10. The van der Waals surface area contributed by atoms with Gasteiger partial charge in [-0.3, -0.25) is 0 Å². The Balaban J connectivity index is 2.63. The Morgan fingerprint density at radius 2 is 2.55 bits per heavy atom. The van der Waals surface area contributed by atoms with Gasteiger partial charge in [-0.2, -0.15) is 0 Å². The first-order valence-electron chi connectivity index (χ1n) is 4.41. The number of allylic oxidation sites excluding steroid dienone is 3. The lowest BCUT2D eigenvalue weighted by molar-refractivity contribution is 0.654. The lowest BCUT2D eigenvalue weighted by Crippen LogP contribution is -2.07. The van der Waals surface area contributed by atoms with E-state index in [-0.39, 0.29) is 0 Å². The second-order valence-electron chi connectivity index (χ2n) is 2.99. The molecule has 1 N–H and O–H groups in total. The Kier molecular flexibility index (Phi) is 3.21. The van der Waals surface area contributed by atoms with Gasteiger partial charge < -0.3 is 5.32 Å². The van der Waals surface area contributed by atoms with Gasteiger partial charge in [0.25, 0.3) is 0 Å². The molecule has 1 rings (SSSR count). The summed E-state index contributed by atoms with van der Waals surface area (Å²) in [6, 6.07) is 0. The van der Waals surface area contributed by atoms with E-state index in [9.17, 15) is 0 Å². The van der Waals surface area contributed by atoms with E-state index in [1.54, 1.807) is 5.57 Å². The van der Waals surface area contributed by atoms with E-state index in [1.807, 2.05) is 7.05 Å². The summed E-state index contributed by atoms with van der Waals surface area (Å²) >= 11 is 0. The minimum absolute atomic E-state index is 0.691. The summed E-state index contributed by atoms with van der Waals surface area (Å²) in [6.07, 6.45) is 10.4. The molecule has 0 aliphatic heterocycles. The van der Waals surface area contributed by atoms with E-state index in [0.717, 1.165) is 0 Å². The molecule has 11 heavy (non-hydrogen) atoms. The summed E-state index contributed by atoms with van der Waals surface area (Å²) in [5.41, 5.74) is 1.55. The maximum absolute atomic E-state index is 3.11. The predicted octanol–water partition coefficient (Wildman–Crippen LogP) is 2.47. The van der Waals surface area contributed by atoms with Crippen molar-refractivity contribution in [3.05, 3.63) is 23.9 Å². The molecule has 0 amide bonds. The van der Waals surface area contributed by atoms with Crippen LogP contribution in [0.1, 0.15) is 26.2 Å². The molecule has 0 bridgehead atoms. The van der Waals surface area contributed by atoms with Crippen LogP contribution in [0.3, 0.4) is 0 Å². The highest BCUT2D eigenvalue weighted by molar-refractivity contribution is 5.17. The first-order chi connectivity index (χ1) is 5.38. The molecule has 0 heterocycles. The topological polar surface area (TPSA) is 12.0 Å². The Hall–Kier alpha value is -0.720. The smallest absolute Gasteiger partial charge is 0.00276 e. The van der Waals surface area contributed by atoms with Crippen LogP contribution in [0.4, 0.5) is 0 Å². The average molecular weight is 151 g/mol. The van der Waals surface area contributed by atoms with E-state index in [4.69, 9.17) is 0 Å². The second-order valence-corrected chi connectivity index (χ2v) is 2.99. The van der Waals surface area contributed by atoms with Crippen LogP contribution in [0.25, 0.3) is 0 Å². The highest BCUT2D eigenvalue weighted by Crippen LogP contribution is 2.25. The van der Waals surface area contributed by atoms with Crippen LogP contribution in [-0.2, 0) is 0 Å². The molecule has 1 heteroatoms. The van der Waals surface area contributed by atoms with Crippen molar-refractivity contribution in [2.24, 2.45) is 5.92 Å². The van der Waals surface area contributed by atoms with Gasteiger partial charge in [0.1, 0.15) is 0 Å². The zero-order valence-corrected chi connectivity index (χ0v) is 7.43. The maximum atomic E-state index is 3.11. The molecule has 0 aromatic carbocycles. The van der Waals surface area contributed by atoms with Crippen LogP contribution in [0, 0.1) is 5.92 Å². The van der Waals surface area contributed by atoms with Crippen LogP contribution in [0.15, 0.2) is 23.9 Å². The van der Waals surface area contributed by atoms with Gasteiger partial charge in [-0.25, -0.2) is 0 Å². The number of nitrogens with one attached hydrogen (secondary N) is 1. The first-order valence-corrected chi connectivity index (χ1v) is 4.41. The summed E-state index contributed by atoms with van der Waals surface area (Å²) in [5, 5.41) is 3.11. The van der Waals surface area contributed by atoms with Crippen LogP contribution in [-0.4, -0.2) is 7.05 Å². The number of rotatable bonds is 2. The molecular formula is C10H17N. The lowest BCUT2D eigenvalue weighted by Gasteiger charge is -2.18. The molecule has 0 saturated carbocycles. The van der Waals surface area contributed by atoms with Crippen LogP contribution in [0.5, 0.6) is 0 Å². The fourth-order valence-electron chi connectivity index (χ4n) is 1.58. The standard InChI is InChI=1S/C10H17N/c1-3-9-6-4-5-7-10(9)8-11-2/h4,6,8-9,11H,3,5,7H2,1-2H3/b10-8-. The molecule has 0 fully saturated rings. The van der Waals surface area contributed by atoms with Crippen LogP contribution >= 0.6 is 0 Å². The molecule has 1 aliphatic rings. The molecule has 0 saturated heterocycles. The van der Waals surface area contributed by atoms with Gasteiger partial charge in [-0.1, -0.05) is 19.1 Å². The van der Waals surface area contributed by atoms with Crippen LogP contribution < -0.4 is 5.32 Å². The van der Waals surface area contributed by atoms with Crippen LogP contribution in [0.2, 0.25) is 0 Å². The maximum Gasteiger partial charge on any atom is 0.00276 e. The molecule has 0 spiro atoms. The molecule has 62 valence electrons. The summed E-state index contributed by atoms with van der Waals surface area (Å²) in [6.45, 7) is 2.24. The number of hydrogen-bond donors (Lipinski definition) is 1. The third-order valence-electron chi connectivity index (χ3n) is 2.21. The zero-order valence-electron chi connectivity index (χ0n) is 7.43. The fraction of sp³-hybridized carbons (Fsp3) is 0.600. The lowest BCUT2D eigenvalue weighted by atomic mass is 9.89. The van der Waals surface area contributed by atoms with Crippen molar-refractivity contribution in [3.8, 4) is 0 Å². The van der Waals surface area contributed by atoms with Crippen molar-refractivity contribution in [2.45, 2.75) is 26.2 Å².